The van der Waals surface area contributed by atoms with Crippen LogP contribution in [0.1, 0.15) is 13.8 Å². The van der Waals surface area contributed by atoms with Gasteiger partial charge in [0.25, 0.3) is 0 Å². The van der Waals surface area contributed by atoms with Crippen LogP contribution < -0.4 is 0 Å². The van der Waals surface area contributed by atoms with Crippen molar-refractivity contribution in [2.24, 2.45) is 10.2 Å². The van der Waals surface area contributed by atoms with E-state index < -0.39 is 0 Å². The number of hydrogen-bond donors (Lipinski definition) is 0. The molecule has 0 heterocycles. The summed E-state index contributed by atoms with van der Waals surface area (Å²) in [4.78, 5) is 0. The van der Waals surface area contributed by atoms with E-state index in [2.05, 4.69) is 10.2 Å². The Balaban J connectivity index is 3.03. The van der Waals surface area contributed by atoms with Crippen LogP contribution in [0.25, 0.3) is 0 Å². The first-order chi connectivity index (χ1) is 2.77. The van der Waals surface area contributed by atoms with E-state index in [1.54, 1.807) is 7.05 Å². The second-order valence-corrected chi connectivity index (χ2v) is 1.41. The standard InChI is InChI=1S/C4H10N2/c1-4(2)6-5-3/h4H,1-3H3/b6-5-. The Morgan fingerprint density at radius 2 is 1.83 bits per heavy atom. The Morgan fingerprint density at radius 3 is 1.83 bits per heavy atom. The summed E-state index contributed by atoms with van der Waals surface area (Å²) in [6, 6.07) is 0.356. The molecule has 0 bridgehead atoms. The van der Waals surface area contributed by atoms with Crippen molar-refractivity contribution in [1.82, 2.24) is 0 Å². The van der Waals surface area contributed by atoms with Crippen LogP contribution in [0, 0.1) is 0 Å². The minimum atomic E-state index is 0.356. The van der Waals surface area contributed by atoms with E-state index in [4.69, 9.17) is 0 Å². The van der Waals surface area contributed by atoms with Gasteiger partial charge >= 0.3 is 0 Å². The van der Waals surface area contributed by atoms with Gasteiger partial charge in [0, 0.05) is 7.05 Å². The Labute approximate surface area is 38.3 Å². The third kappa shape index (κ3) is 3.60. The van der Waals surface area contributed by atoms with E-state index in [0.29, 0.717) is 6.04 Å². The molecule has 0 saturated heterocycles. The average Bonchev–Trinajstić information content (AvgIpc) is 1.35. The number of azo groups is 1. The monoisotopic (exact) mass is 86.1 g/mol. The van der Waals surface area contributed by atoms with Gasteiger partial charge in [-0.2, -0.15) is 10.2 Å². The van der Waals surface area contributed by atoms with Gasteiger partial charge < -0.3 is 0 Å². The highest BCUT2D eigenvalue weighted by Gasteiger charge is 1.78. The summed E-state index contributed by atoms with van der Waals surface area (Å²) in [6.07, 6.45) is 0. The third-order valence-electron chi connectivity index (χ3n) is 0.346. The van der Waals surface area contributed by atoms with Crippen LogP contribution in [0.2, 0.25) is 0 Å². The first-order valence-electron chi connectivity index (χ1n) is 2.06. The maximum Gasteiger partial charge on any atom is 0.0652 e. The summed E-state index contributed by atoms with van der Waals surface area (Å²) in [6.45, 7) is 3.99. The molecule has 0 aliphatic heterocycles. The van der Waals surface area contributed by atoms with E-state index in [1.807, 2.05) is 13.8 Å². The molecule has 0 amide bonds. The molecule has 0 aliphatic rings. The second-order valence-electron chi connectivity index (χ2n) is 1.41. The lowest BCUT2D eigenvalue weighted by molar-refractivity contribution is 0.767. The van der Waals surface area contributed by atoms with Crippen LogP contribution >= 0.6 is 0 Å². The molecular formula is C4H10N2. The lowest BCUT2D eigenvalue weighted by Gasteiger charge is -1.85. The molecule has 0 aliphatic carbocycles. The van der Waals surface area contributed by atoms with Gasteiger partial charge in [0.05, 0.1) is 6.04 Å². The maximum atomic E-state index is 3.75. The van der Waals surface area contributed by atoms with Gasteiger partial charge in [0.1, 0.15) is 0 Å². The van der Waals surface area contributed by atoms with Crippen LogP contribution in [0.5, 0.6) is 0 Å². The predicted molar refractivity (Wildman–Crippen MR) is 25.9 cm³/mol. The van der Waals surface area contributed by atoms with E-state index in [0.717, 1.165) is 0 Å². The molecule has 0 fully saturated rings. The molecule has 0 N–H and O–H groups in total. The number of nitrogens with zero attached hydrogens (tertiary/aromatic N) is 2. The molecule has 0 aromatic heterocycles. The molecule has 36 valence electrons. The first kappa shape index (κ1) is 5.60. The van der Waals surface area contributed by atoms with Crippen molar-refractivity contribution in [3.63, 3.8) is 0 Å². The Hall–Kier alpha value is -0.400. The molecule has 0 spiro atoms. The smallest absolute Gasteiger partial charge is 0.0652 e. The van der Waals surface area contributed by atoms with Gasteiger partial charge in [0.2, 0.25) is 0 Å². The zero-order chi connectivity index (χ0) is 4.99. The fourth-order valence-electron chi connectivity index (χ4n) is 0.231. The van der Waals surface area contributed by atoms with E-state index in [-0.39, 0.29) is 0 Å². The quantitative estimate of drug-likeness (QED) is 0.432. The fraction of sp³-hybridized carbons (Fsp3) is 1.00. The van der Waals surface area contributed by atoms with Gasteiger partial charge in [-0.1, -0.05) is 0 Å². The second kappa shape index (κ2) is 2.82. The Kier molecular flexibility index (Phi) is 2.63. The Morgan fingerprint density at radius 1 is 1.33 bits per heavy atom. The van der Waals surface area contributed by atoms with Crippen molar-refractivity contribution < 1.29 is 0 Å². The van der Waals surface area contributed by atoms with Crippen molar-refractivity contribution in [3.8, 4) is 0 Å². The van der Waals surface area contributed by atoms with Crippen LogP contribution in [0.4, 0.5) is 0 Å². The van der Waals surface area contributed by atoms with E-state index in [1.165, 1.54) is 0 Å². The molecular weight excluding hydrogens is 76.1 g/mol. The highest BCUT2D eigenvalue weighted by molar-refractivity contribution is 4.41. The molecule has 2 heteroatoms. The number of hydrogen-bond acceptors (Lipinski definition) is 2. The van der Waals surface area contributed by atoms with Crippen LogP contribution in [0.3, 0.4) is 0 Å². The van der Waals surface area contributed by atoms with Gasteiger partial charge in [0.15, 0.2) is 0 Å². The number of rotatable bonds is 1. The van der Waals surface area contributed by atoms with Crippen molar-refractivity contribution in [2.75, 3.05) is 7.05 Å². The van der Waals surface area contributed by atoms with Crippen molar-refractivity contribution in [3.05, 3.63) is 0 Å². The zero-order valence-electron chi connectivity index (χ0n) is 4.47. The van der Waals surface area contributed by atoms with Gasteiger partial charge in [-0.05, 0) is 13.8 Å². The Bertz CT molecular complexity index is 47.5. The summed E-state index contributed by atoms with van der Waals surface area (Å²) in [5, 5.41) is 7.31. The molecule has 0 aromatic carbocycles. The summed E-state index contributed by atoms with van der Waals surface area (Å²) in [5.74, 6) is 0. The molecule has 0 rings (SSSR count). The maximum absolute atomic E-state index is 3.75. The molecule has 0 aromatic rings. The van der Waals surface area contributed by atoms with Crippen molar-refractivity contribution in [1.29, 1.82) is 0 Å². The van der Waals surface area contributed by atoms with Crippen molar-refractivity contribution >= 4 is 0 Å². The third-order valence-corrected chi connectivity index (χ3v) is 0.346. The van der Waals surface area contributed by atoms with E-state index >= 15 is 0 Å². The summed E-state index contributed by atoms with van der Waals surface area (Å²) >= 11 is 0. The summed E-state index contributed by atoms with van der Waals surface area (Å²) < 4.78 is 0. The highest BCUT2D eigenvalue weighted by Crippen LogP contribution is 1.82. The lowest BCUT2D eigenvalue weighted by atomic mass is 10.4. The summed E-state index contributed by atoms with van der Waals surface area (Å²) in [5.41, 5.74) is 0. The molecule has 0 radical (unpaired) electrons. The van der Waals surface area contributed by atoms with Gasteiger partial charge in [-0.3, -0.25) is 0 Å². The lowest BCUT2D eigenvalue weighted by Crippen LogP contribution is -1.83. The minimum absolute atomic E-state index is 0.356. The van der Waals surface area contributed by atoms with Crippen molar-refractivity contribution in [2.45, 2.75) is 19.9 Å². The molecule has 0 atom stereocenters. The molecule has 6 heavy (non-hydrogen) atoms. The minimum Gasteiger partial charge on any atom is -0.197 e. The largest absolute Gasteiger partial charge is 0.197 e. The fourth-order valence-corrected chi connectivity index (χ4v) is 0.231. The van der Waals surface area contributed by atoms with Gasteiger partial charge in [-0.25, -0.2) is 0 Å². The van der Waals surface area contributed by atoms with E-state index in [9.17, 15) is 0 Å². The SMILES string of the molecule is C/N=N\C(C)C. The molecule has 2 nitrogen and oxygen atoms in total. The van der Waals surface area contributed by atoms with Gasteiger partial charge in [-0.15, -0.1) is 0 Å². The summed E-state index contributed by atoms with van der Waals surface area (Å²) in [7, 11) is 1.68. The zero-order valence-corrected chi connectivity index (χ0v) is 4.47. The molecule has 0 saturated carbocycles. The normalized spacial score (nSPS) is 11.3. The topological polar surface area (TPSA) is 24.7 Å². The molecule has 0 unspecified atom stereocenters. The first-order valence-corrected chi connectivity index (χ1v) is 2.06. The van der Waals surface area contributed by atoms with Crippen LogP contribution in [0.15, 0.2) is 10.2 Å². The highest BCUT2D eigenvalue weighted by atomic mass is 15.1. The average molecular weight is 86.1 g/mol. The van der Waals surface area contributed by atoms with Crippen LogP contribution in [-0.4, -0.2) is 13.1 Å². The van der Waals surface area contributed by atoms with Crippen LogP contribution in [-0.2, 0) is 0 Å². The predicted octanol–water partition coefficient (Wildman–Crippen LogP) is 1.48.